The van der Waals surface area contributed by atoms with Crippen LogP contribution in [0.5, 0.6) is 0 Å². The minimum atomic E-state index is -3.74. The number of hydrogen-bond donors (Lipinski definition) is 2. The fraction of sp³-hybridized carbons (Fsp3) is 0.909. The van der Waals surface area contributed by atoms with Crippen molar-refractivity contribution in [2.75, 3.05) is 19.6 Å². The average Bonchev–Trinajstić information content (AvgIpc) is 2.86. The molecule has 2 heterocycles. The lowest BCUT2D eigenvalue weighted by atomic mass is 9.93. The van der Waals surface area contributed by atoms with Crippen LogP contribution in [0, 0.1) is 11.8 Å². The largest absolute Gasteiger partial charge is 0.480 e. The van der Waals surface area contributed by atoms with Crippen molar-refractivity contribution in [3.8, 4) is 0 Å². The lowest BCUT2D eigenvalue weighted by molar-refractivity contribution is -0.136. The summed E-state index contributed by atoms with van der Waals surface area (Å²) in [6.45, 7) is 5.32. The van der Waals surface area contributed by atoms with Crippen LogP contribution in [-0.4, -0.2) is 54.7 Å². The van der Waals surface area contributed by atoms with E-state index < -0.39 is 21.2 Å². The Hall–Kier alpha value is -0.660. The highest BCUT2D eigenvalue weighted by atomic mass is 32.2. The minimum absolute atomic E-state index is 0.0585. The van der Waals surface area contributed by atoms with Crippen molar-refractivity contribution in [1.29, 1.82) is 0 Å². The second kappa shape index (κ2) is 4.79. The molecule has 0 aromatic heterocycles. The molecule has 0 aromatic rings. The van der Waals surface area contributed by atoms with Gasteiger partial charge >= 0.3 is 5.97 Å². The molecule has 18 heavy (non-hydrogen) atoms. The van der Waals surface area contributed by atoms with Crippen LogP contribution >= 0.6 is 0 Å². The molecule has 2 fully saturated rings. The van der Waals surface area contributed by atoms with E-state index in [0.29, 0.717) is 18.4 Å². The number of aliphatic carboxylic acids is 1. The Kier molecular flexibility index (Phi) is 3.66. The van der Waals surface area contributed by atoms with Crippen LogP contribution < -0.4 is 5.32 Å². The van der Waals surface area contributed by atoms with Gasteiger partial charge in [0, 0.05) is 12.6 Å². The molecule has 0 aliphatic carbocycles. The number of carboxylic acids is 1. The number of carbonyl (C=O) groups is 1. The van der Waals surface area contributed by atoms with Crippen LogP contribution in [-0.2, 0) is 14.8 Å². The Morgan fingerprint density at radius 3 is 2.72 bits per heavy atom. The number of rotatable bonds is 4. The number of sulfonamides is 1. The molecule has 6 nitrogen and oxygen atoms in total. The van der Waals surface area contributed by atoms with Crippen LogP contribution in [0.25, 0.3) is 0 Å². The molecule has 0 amide bonds. The van der Waals surface area contributed by atoms with Gasteiger partial charge in [-0.1, -0.05) is 6.92 Å². The summed E-state index contributed by atoms with van der Waals surface area (Å²) in [5.41, 5.74) is 0. The van der Waals surface area contributed by atoms with E-state index in [1.165, 1.54) is 11.2 Å². The number of fused-ring (bicyclic) bond motifs is 1. The van der Waals surface area contributed by atoms with Gasteiger partial charge in [0.1, 0.15) is 0 Å². The molecule has 0 radical (unpaired) electrons. The highest BCUT2D eigenvalue weighted by molar-refractivity contribution is 7.90. The molecule has 2 N–H and O–H groups in total. The van der Waals surface area contributed by atoms with Crippen LogP contribution in [0.3, 0.4) is 0 Å². The predicted octanol–water partition coefficient (Wildman–Crippen LogP) is -0.281. The third-order valence-electron chi connectivity index (χ3n) is 4.21. The maximum Gasteiger partial charge on any atom is 0.323 e. The highest BCUT2D eigenvalue weighted by Gasteiger charge is 2.49. The standard InChI is InChI=1S/C11H20N2O4S/c1-3-10-9-5-12-4-8(9)6-13(10)18(16,17)7(2)11(14)15/h7-10,12H,3-6H2,1-2H3,(H,14,15). The molecule has 104 valence electrons. The van der Waals surface area contributed by atoms with E-state index in [4.69, 9.17) is 5.11 Å². The summed E-state index contributed by atoms with van der Waals surface area (Å²) >= 11 is 0. The van der Waals surface area contributed by atoms with Crippen LogP contribution in [0.4, 0.5) is 0 Å². The first kappa shape index (κ1) is 13.8. The van der Waals surface area contributed by atoms with Crippen LogP contribution in [0.2, 0.25) is 0 Å². The zero-order valence-corrected chi connectivity index (χ0v) is 11.5. The number of hydrogen-bond acceptors (Lipinski definition) is 4. The summed E-state index contributed by atoms with van der Waals surface area (Å²) in [6.07, 6.45) is 0.731. The zero-order chi connectivity index (χ0) is 13.5. The van der Waals surface area contributed by atoms with Gasteiger partial charge in [-0.3, -0.25) is 4.79 Å². The Labute approximate surface area is 107 Å². The molecule has 2 saturated heterocycles. The maximum absolute atomic E-state index is 12.3. The first-order valence-corrected chi connectivity index (χ1v) is 7.84. The van der Waals surface area contributed by atoms with Gasteiger partial charge in [0.2, 0.25) is 10.0 Å². The molecule has 2 aliphatic heterocycles. The molecular weight excluding hydrogens is 256 g/mol. The number of nitrogens with zero attached hydrogens (tertiary/aromatic N) is 1. The van der Waals surface area contributed by atoms with Crippen molar-refractivity contribution in [2.24, 2.45) is 11.8 Å². The van der Waals surface area contributed by atoms with Gasteiger partial charge in [0.15, 0.2) is 5.25 Å². The highest BCUT2D eigenvalue weighted by Crippen LogP contribution is 2.36. The van der Waals surface area contributed by atoms with E-state index in [1.807, 2.05) is 6.92 Å². The summed E-state index contributed by atoms with van der Waals surface area (Å²) in [5.74, 6) is -0.628. The Morgan fingerprint density at radius 1 is 1.50 bits per heavy atom. The average molecular weight is 276 g/mol. The second-order valence-electron chi connectivity index (χ2n) is 5.15. The summed E-state index contributed by atoms with van der Waals surface area (Å²) in [5, 5.41) is 10.8. The van der Waals surface area contributed by atoms with E-state index in [-0.39, 0.29) is 6.04 Å². The topological polar surface area (TPSA) is 86.7 Å². The van der Waals surface area contributed by atoms with Crippen LogP contribution in [0.15, 0.2) is 0 Å². The molecule has 2 rings (SSSR count). The van der Waals surface area contributed by atoms with Crippen molar-refractivity contribution in [3.63, 3.8) is 0 Å². The molecular formula is C11H20N2O4S. The first-order chi connectivity index (χ1) is 8.39. The van der Waals surface area contributed by atoms with E-state index in [0.717, 1.165) is 19.5 Å². The normalized spacial score (nSPS) is 34.4. The van der Waals surface area contributed by atoms with E-state index >= 15 is 0 Å². The van der Waals surface area contributed by atoms with Gasteiger partial charge in [-0.2, -0.15) is 4.31 Å². The molecule has 4 atom stereocenters. The fourth-order valence-corrected chi connectivity index (χ4v) is 4.86. The van der Waals surface area contributed by atoms with Crippen molar-refractivity contribution < 1.29 is 18.3 Å². The Morgan fingerprint density at radius 2 is 2.17 bits per heavy atom. The summed E-state index contributed by atoms with van der Waals surface area (Å²) in [4.78, 5) is 10.9. The number of nitrogens with one attached hydrogen (secondary N) is 1. The van der Waals surface area contributed by atoms with Gasteiger partial charge in [0.25, 0.3) is 0 Å². The summed E-state index contributed by atoms with van der Waals surface area (Å²) in [6, 6.07) is -0.0585. The monoisotopic (exact) mass is 276 g/mol. The van der Waals surface area contributed by atoms with Gasteiger partial charge in [-0.25, -0.2) is 8.42 Å². The van der Waals surface area contributed by atoms with Crippen molar-refractivity contribution in [1.82, 2.24) is 9.62 Å². The van der Waals surface area contributed by atoms with Gasteiger partial charge in [-0.05, 0) is 38.3 Å². The minimum Gasteiger partial charge on any atom is -0.480 e. The van der Waals surface area contributed by atoms with Crippen LogP contribution in [0.1, 0.15) is 20.3 Å². The Bertz CT molecular complexity index is 436. The first-order valence-electron chi connectivity index (χ1n) is 6.33. The van der Waals surface area contributed by atoms with E-state index in [1.54, 1.807) is 0 Å². The maximum atomic E-state index is 12.3. The molecule has 0 bridgehead atoms. The quantitative estimate of drug-likeness (QED) is 0.737. The molecule has 2 aliphatic rings. The molecule has 7 heteroatoms. The van der Waals surface area contributed by atoms with E-state index in [9.17, 15) is 13.2 Å². The fourth-order valence-electron chi connectivity index (χ4n) is 3.11. The van der Waals surface area contributed by atoms with Crippen molar-refractivity contribution >= 4 is 16.0 Å². The lowest BCUT2D eigenvalue weighted by Gasteiger charge is -2.27. The van der Waals surface area contributed by atoms with Crippen molar-refractivity contribution in [3.05, 3.63) is 0 Å². The molecule has 0 saturated carbocycles. The van der Waals surface area contributed by atoms with E-state index in [2.05, 4.69) is 5.32 Å². The molecule has 0 aromatic carbocycles. The second-order valence-corrected chi connectivity index (χ2v) is 7.36. The summed E-state index contributed by atoms with van der Waals surface area (Å²) in [7, 11) is -3.74. The predicted molar refractivity (Wildman–Crippen MR) is 66.7 cm³/mol. The van der Waals surface area contributed by atoms with Gasteiger partial charge in [-0.15, -0.1) is 0 Å². The molecule has 4 unspecified atom stereocenters. The molecule has 0 spiro atoms. The number of carboxylic acid groups (broad SMARTS) is 1. The van der Waals surface area contributed by atoms with Crippen molar-refractivity contribution in [2.45, 2.75) is 31.6 Å². The smallest absolute Gasteiger partial charge is 0.323 e. The lowest BCUT2D eigenvalue weighted by Crippen LogP contribution is -2.45. The third-order valence-corrected chi connectivity index (χ3v) is 6.38. The van der Waals surface area contributed by atoms with Gasteiger partial charge < -0.3 is 10.4 Å². The zero-order valence-electron chi connectivity index (χ0n) is 10.7. The SMILES string of the molecule is CCC1C2CNCC2CN1S(=O)(=O)C(C)C(=O)O. The summed E-state index contributed by atoms with van der Waals surface area (Å²) < 4.78 is 26.0. The Balaban J connectivity index is 2.26. The van der Waals surface area contributed by atoms with Gasteiger partial charge in [0.05, 0.1) is 0 Å². The third kappa shape index (κ3) is 2.04.